The molecular weight excluding hydrogens is 214 g/mol. The highest BCUT2D eigenvalue weighted by Crippen LogP contribution is 2.33. The van der Waals surface area contributed by atoms with E-state index in [1.165, 1.54) is 32.1 Å². The monoisotopic (exact) mass is 241 g/mol. The maximum Gasteiger partial charge on any atom is 0.165 e. The second-order valence-corrected chi connectivity index (χ2v) is 6.11. The Morgan fingerprint density at radius 2 is 1.94 bits per heavy atom. The predicted octanol–water partition coefficient (Wildman–Crippen LogP) is 3.00. The molecule has 0 amide bonds. The second kappa shape index (κ2) is 5.68. The van der Waals surface area contributed by atoms with Gasteiger partial charge in [-0.1, -0.05) is 33.1 Å². The molecule has 1 aliphatic heterocycles. The summed E-state index contributed by atoms with van der Waals surface area (Å²) in [4.78, 5) is 2.52. The Balaban J connectivity index is 1.91. The van der Waals surface area contributed by atoms with Crippen molar-refractivity contribution in [2.45, 2.75) is 65.2 Å². The van der Waals surface area contributed by atoms with Gasteiger partial charge in [0.15, 0.2) is 6.29 Å². The van der Waals surface area contributed by atoms with E-state index in [9.17, 15) is 0 Å². The summed E-state index contributed by atoms with van der Waals surface area (Å²) >= 11 is 0. The number of hydrogen-bond acceptors (Lipinski definition) is 3. The minimum Gasteiger partial charge on any atom is -0.352 e. The third-order valence-electron chi connectivity index (χ3n) is 4.05. The van der Waals surface area contributed by atoms with Gasteiger partial charge in [-0.05, 0) is 19.8 Å². The second-order valence-electron chi connectivity index (χ2n) is 6.11. The normalized spacial score (nSPS) is 31.6. The standard InChI is InChI=1S/C14H27NO2/c1-4-16-13-14(2,3)10-15(11-17-13)12-8-6-5-7-9-12/h12-13H,4-11H2,1-3H3. The van der Waals surface area contributed by atoms with Crippen molar-refractivity contribution in [1.29, 1.82) is 0 Å². The predicted molar refractivity (Wildman–Crippen MR) is 68.7 cm³/mol. The molecule has 3 heteroatoms. The van der Waals surface area contributed by atoms with Gasteiger partial charge in [0.05, 0.1) is 0 Å². The zero-order valence-corrected chi connectivity index (χ0v) is 11.6. The SMILES string of the molecule is CCOC1OCN(C2CCCCC2)CC1(C)C. The first-order chi connectivity index (χ1) is 8.13. The van der Waals surface area contributed by atoms with E-state index >= 15 is 0 Å². The van der Waals surface area contributed by atoms with Crippen LogP contribution in [0.2, 0.25) is 0 Å². The lowest BCUT2D eigenvalue weighted by atomic mass is 9.87. The zero-order chi connectivity index (χ0) is 12.3. The zero-order valence-electron chi connectivity index (χ0n) is 11.6. The summed E-state index contributed by atoms with van der Waals surface area (Å²) in [5.41, 5.74) is 0.103. The molecule has 2 aliphatic rings. The first-order valence-corrected chi connectivity index (χ1v) is 7.11. The van der Waals surface area contributed by atoms with Crippen molar-refractivity contribution >= 4 is 0 Å². The Bertz CT molecular complexity index is 236. The number of rotatable bonds is 3. The molecule has 0 aromatic heterocycles. The average Bonchev–Trinajstić information content (AvgIpc) is 2.33. The van der Waals surface area contributed by atoms with Crippen molar-refractivity contribution in [2.75, 3.05) is 19.9 Å². The molecule has 0 spiro atoms. The fourth-order valence-electron chi connectivity index (χ4n) is 3.14. The highest BCUT2D eigenvalue weighted by atomic mass is 16.7. The summed E-state index contributed by atoms with van der Waals surface area (Å²) in [7, 11) is 0. The highest BCUT2D eigenvalue weighted by Gasteiger charge is 2.39. The Kier molecular flexibility index (Phi) is 4.45. The van der Waals surface area contributed by atoms with Gasteiger partial charge in [0.2, 0.25) is 0 Å². The Labute approximate surface area is 105 Å². The number of hydrogen-bond donors (Lipinski definition) is 0. The Hall–Kier alpha value is -0.120. The van der Waals surface area contributed by atoms with Gasteiger partial charge in [0.25, 0.3) is 0 Å². The fourth-order valence-corrected chi connectivity index (χ4v) is 3.14. The molecular formula is C14H27NO2. The van der Waals surface area contributed by atoms with Gasteiger partial charge in [-0.15, -0.1) is 0 Å². The van der Waals surface area contributed by atoms with Gasteiger partial charge < -0.3 is 9.47 Å². The fraction of sp³-hybridized carbons (Fsp3) is 1.00. The van der Waals surface area contributed by atoms with E-state index in [0.29, 0.717) is 0 Å². The number of nitrogens with zero attached hydrogens (tertiary/aromatic N) is 1. The summed E-state index contributed by atoms with van der Waals surface area (Å²) in [6.45, 7) is 9.12. The highest BCUT2D eigenvalue weighted by molar-refractivity contribution is 4.85. The largest absolute Gasteiger partial charge is 0.352 e. The van der Waals surface area contributed by atoms with Crippen molar-refractivity contribution in [3.05, 3.63) is 0 Å². The Morgan fingerprint density at radius 3 is 2.53 bits per heavy atom. The molecule has 1 aliphatic carbocycles. The van der Waals surface area contributed by atoms with Gasteiger partial charge in [0.1, 0.15) is 6.73 Å². The van der Waals surface area contributed by atoms with E-state index < -0.39 is 0 Å². The van der Waals surface area contributed by atoms with E-state index in [4.69, 9.17) is 9.47 Å². The molecule has 1 saturated carbocycles. The van der Waals surface area contributed by atoms with E-state index in [2.05, 4.69) is 18.7 Å². The van der Waals surface area contributed by atoms with Crippen molar-refractivity contribution in [1.82, 2.24) is 4.90 Å². The van der Waals surface area contributed by atoms with Crippen LogP contribution in [0.1, 0.15) is 52.9 Å². The quantitative estimate of drug-likeness (QED) is 0.758. The lowest BCUT2D eigenvalue weighted by Crippen LogP contribution is -2.54. The Morgan fingerprint density at radius 1 is 1.24 bits per heavy atom. The van der Waals surface area contributed by atoms with Gasteiger partial charge >= 0.3 is 0 Å². The van der Waals surface area contributed by atoms with Crippen LogP contribution in [-0.4, -0.2) is 37.1 Å². The minimum atomic E-state index is -0.0349. The third-order valence-corrected chi connectivity index (χ3v) is 4.05. The van der Waals surface area contributed by atoms with Crippen molar-refractivity contribution < 1.29 is 9.47 Å². The molecule has 2 fully saturated rings. The maximum absolute atomic E-state index is 5.90. The van der Waals surface area contributed by atoms with Gasteiger partial charge in [0, 0.05) is 24.6 Å². The third kappa shape index (κ3) is 3.21. The first kappa shape index (κ1) is 13.3. The van der Waals surface area contributed by atoms with Crippen molar-refractivity contribution in [3.8, 4) is 0 Å². The summed E-state index contributed by atoms with van der Waals surface area (Å²) in [6, 6.07) is 0.741. The molecule has 1 saturated heterocycles. The summed E-state index contributed by atoms with van der Waals surface area (Å²) in [5, 5.41) is 0. The van der Waals surface area contributed by atoms with Crippen LogP contribution in [0, 0.1) is 5.41 Å². The van der Waals surface area contributed by atoms with E-state index in [-0.39, 0.29) is 11.7 Å². The summed E-state index contributed by atoms with van der Waals surface area (Å²) in [5.74, 6) is 0. The van der Waals surface area contributed by atoms with Gasteiger partial charge in [-0.25, -0.2) is 0 Å². The molecule has 1 atom stereocenters. The molecule has 0 bridgehead atoms. The molecule has 0 N–H and O–H groups in total. The lowest BCUT2D eigenvalue weighted by Gasteiger charge is -2.47. The lowest BCUT2D eigenvalue weighted by molar-refractivity contribution is -0.258. The molecule has 3 nitrogen and oxygen atoms in total. The summed E-state index contributed by atoms with van der Waals surface area (Å²) in [6.07, 6.45) is 6.84. The topological polar surface area (TPSA) is 21.7 Å². The van der Waals surface area contributed by atoms with E-state index in [0.717, 1.165) is 25.9 Å². The van der Waals surface area contributed by atoms with E-state index in [1.807, 2.05) is 6.92 Å². The van der Waals surface area contributed by atoms with Crippen LogP contribution in [0.15, 0.2) is 0 Å². The van der Waals surface area contributed by atoms with E-state index in [1.54, 1.807) is 0 Å². The molecule has 17 heavy (non-hydrogen) atoms. The van der Waals surface area contributed by atoms with Crippen LogP contribution in [0.5, 0.6) is 0 Å². The maximum atomic E-state index is 5.90. The first-order valence-electron chi connectivity index (χ1n) is 7.11. The van der Waals surface area contributed by atoms with Crippen LogP contribution < -0.4 is 0 Å². The average molecular weight is 241 g/mol. The van der Waals surface area contributed by atoms with Gasteiger partial charge in [-0.2, -0.15) is 0 Å². The number of ether oxygens (including phenoxy) is 2. The van der Waals surface area contributed by atoms with Crippen LogP contribution in [0.25, 0.3) is 0 Å². The molecule has 0 radical (unpaired) electrons. The molecule has 1 heterocycles. The van der Waals surface area contributed by atoms with Crippen molar-refractivity contribution in [2.24, 2.45) is 5.41 Å². The molecule has 0 aromatic rings. The smallest absolute Gasteiger partial charge is 0.165 e. The van der Waals surface area contributed by atoms with Crippen LogP contribution in [0.4, 0.5) is 0 Å². The van der Waals surface area contributed by atoms with Gasteiger partial charge in [-0.3, -0.25) is 4.90 Å². The molecule has 100 valence electrons. The van der Waals surface area contributed by atoms with Crippen LogP contribution in [-0.2, 0) is 9.47 Å². The van der Waals surface area contributed by atoms with Crippen molar-refractivity contribution in [3.63, 3.8) is 0 Å². The minimum absolute atomic E-state index is 0.0349. The van der Waals surface area contributed by atoms with Crippen LogP contribution >= 0.6 is 0 Å². The molecule has 1 unspecified atom stereocenters. The summed E-state index contributed by atoms with van der Waals surface area (Å²) < 4.78 is 11.6. The van der Waals surface area contributed by atoms with Crippen LogP contribution in [0.3, 0.4) is 0 Å². The molecule has 2 rings (SSSR count). The molecule has 0 aromatic carbocycles.